The van der Waals surface area contributed by atoms with Crippen molar-refractivity contribution >= 4 is 23.3 Å². The normalized spacial score (nSPS) is 10.2. The fraction of sp³-hybridized carbons (Fsp3) is 0.200. The minimum Gasteiger partial charge on any atom is -0.362 e. The summed E-state index contributed by atoms with van der Waals surface area (Å²) in [4.78, 5) is 18.2. The molecular formula is C15H16ClN3O. The summed E-state index contributed by atoms with van der Waals surface area (Å²) in [6.07, 6.45) is 1.67. The summed E-state index contributed by atoms with van der Waals surface area (Å²) < 4.78 is 0. The topological polar surface area (TPSA) is 45.2 Å². The van der Waals surface area contributed by atoms with Gasteiger partial charge in [0.05, 0.1) is 5.56 Å². The van der Waals surface area contributed by atoms with Crippen molar-refractivity contribution in [2.24, 2.45) is 0 Å². The van der Waals surface area contributed by atoms with E-state index in [2.05, 4.69) is 10.3 Å². The summed E-state index contributed by atoms with van der Waals surface area (Å²) in [6.45, 7) is 0.456. The van der Waals surface area contributed by atoms with Crippen LogP contribution in [0.5, 0.6) is 0 Å². The van der Waals surface area contributed by atoms with E-state index in [-0.39, 0.29) is 5.91 Å². The average molecular weight is 290 g/mol. The first kappa shape index (κ1) is 14.3. The molecule has 5 heteroatoms. The zero-order valence-electron chi connectivity index (χ0n) is 11.4. The molecule has 104 valence electrons. The number of hydrogen-bond donors (Lipinski definition) is 1. The second-order valence-corrected chi connectivity index (χ2v) is 5.01. The monoisotopic (exact) mass is 289 g/mol. The van der Waals surface area contributed by atoms with Gasteiger partial charge in [0.2, 0.25) is 0 Å². The Kier molecular flexibility index (Phi) is 4.58. The van der Waals surface area contributed by atoms with Crippen molar-refractivity contribution in [3.8, 4) is 0 Å². The van der Waals surface area contributed by atoms with Crippen molar-refractivity contribution in [1.82, 2.24) is 10.3 Å². The van der Waals surface area contributed by atoms with Crippen molar-refractivity contribution in [2.75, 3.05) is 19.0 Å². The van der Waals surface area contributed by atoms with Gasteiger partial charge in [-0.2, -0.15) is 0 Å². The molecule has 1 aromatic carbocycles. The zero-order valence-corrected chi connectivity index (χ0v) is 12.2. The summed E-state index contributed by atoms with van der Waals surface area (Å²) in [5.41, 5.74) is 1.56. The number of nitrogens with one attached hydrogen (secondary N) is 1. The first-order chi connectivity index (χ1) is 9.58. The van der Waals surface area contributed by atoms with Gasteiger partial charge in [0.1, 0.15) is 5.82 Å². The minimum absolute atomic E-state index is 0.142. The molecule has 0 aliphatic heterocycles. The smallest absolute Gasteiger partial charge is 0.255 e. The molecule has 2 rings (SSSR count). The molecule has 0 aliphatic carbocycles. The van der Waals surface area contributed by atoms with Crippen LogP contribution >= 0.6 is 11.6 Å². The van der Waals surface area contributed by atoms with Crippen molar-refractivity contribution in [1.29, 1.82) is 0 Å². The van der Waals surface area contributed by atoms with Crippen LogP contribution in [-0.4, -0.2) is 25.0 Å². The molecule has 0 radical (unpaired) electrons. The van der Waals surface area contributed by atoms with Crippen LogP contribution in [0.2, 0.25) is 5.02 Å². The third kappa shape index (κ3) is 3.48. The maximum atomic E-state index is 12.2. The van der Waals surface area contributed by atoms with Gasteiger partial charge in [0, 0.05) is 31.9 Å². The van der Waals surface area contributed by atoms with Crippen LogP contribution in [0.4, 0.5) is 5.82 Å². The first-order valence-corrected chi connectivity index (χ1v) is 6.60. The number of carbonyl (C=O) groups is 1. The van der Waals surface area contributed by atoms with Crippen molar-refractivity contribution in [3.63, 3.8) is 0 Å². The highest BCUT2D eigenvalue weighted by Crippen LogP contribution is 2.14. The second-order valence-electron chi connectivity index (χ2n) is 4.58. The van der Waals surface area contributed by atoms with Crippen LogP contribution in [0.1, 0.15) is 15.9 Å². The van der Waals surface area contributed by atoms with Gasteiger partial charge in [-0.15, -0.1) is 0 Å². The van der Waals surface area contributed by atoms with Crippen LogP contribution < -0.4 is 10.2 Å². The molecule has 0 saturated heterocycles. The van der Waals surface area contributed by atoms with Gasteiger partial charge in [0.15, 0.2) is 0 Å². The highest BCUT2D eigenvalue weighted by molar-refractivity contribution is 6.30. The molecule has 4 nitrogen and oxygen atoms in total. The van der Waals surface area contributed by atoms with Crippen molar-refractivity contribution in [2.45, 2.75) is 6.54 Å². The van der Waals surface area contributed by atoms with E-state index in [0.29, 0.717) is 22.9 Å². The lowest BCUT2D eigenvalue weighted by Gasteiger charge is -2.15. The van der Waals surface area contributed by atoms with Gasteiger partial charge in [0.25, 0.3) is 5.91 Å². The average Bonchev–Trinajstić information content (AvgIpc) is 2.46. The Balaban J connectivity index is 2.07. The maximum Gasteiger partial charge on any atom is 0.255 e. The van der Waals surface area contributed by atoms with Crippen molar-refractivity contribution < 1.29 is 4.79 Å². The standard InChI is InChI=1S/C15H16ClN3O/c1-19(2)14-13(4-3-9-17-14)15(20)18-10-11-5-7-12(16)8-6-11/h3-9H,10H2,1-2H3,(H,18,20). The highest BCUT2D eigenvalue weighted by atomic mass is 35.5. The van der Waals surface area contributed by atoms with Crippen LogP contribution in [0.25, 0.3) is 0 Å². The molecule has 0 spiro atoms. The summed E-state index contributed by atoms with van der Waals surface area (Å²) in [6, 6.07) is 10.9. The molecule has 2 aromatic rings. The molecule has 0 atom stereocenters. The molecule has 1 aromatic heterocycles. The number of hydrogen-bond acceptors (Lipinski definition) is 3. The predicted molar refractivity (Wildman–Crippen MR) is 81.2 cm³/mol. The Morgan fingerprint density at radius 2 is 1.95 bits per heavy atom. The molecule has 0 fully saturated rings. The summed E-state index contributed by atoms with van der Waals surface area (Å²) >= 11 is 5.82. The summed E-state index contributed by atoms with van der Waals surface area (Å²) in [5.74, 6) is 0.512. The number of rotatable bonds is 4. The minimum atomic E-state index is -0.142. The number of aromatic nitrogens is 1. The number of halogens is 1. The second kappa shape index (κ2) is 6.39. The third-order valence-electron chi connectivity index (χ3n) is 2.82. The van der Waals surface area contributed by atoms with Gasteiger partial charge in [-0.05, 0) is 29.8 Å². The van der Waals surface area contributed by atoms with Crippen LogP contribution in [0.3, 0.4) is 0 Å². The quantitative estimate of drug-likeness (QED) is 0.941. The van der Waals surface area contributed by atoms with Gasteiger partial charge in [-0.3, -0.25) is 4.79 Å². The number of nitrogens with zero attached hydrogens (tertiary/aromatic N) is 2. The van der Waals surface area contributed by atoms with E-state index in [1.807, 2.05) is 31.1 Å². The Hall–Kier alpha value is -2.07. The van der Waals surface area contributed by atoms with E-state index in [9.17, 15) is 4.79 Å². The fourth-order valence-electron chi connectivity index (χ4n) is 1.81. The molecule has 1 amide bonds. The van der Waals surface area contributed by atoms with Gasteiger partial charge in [-0.1, -0.05) is 23.7 Å². The van der Waals surface area contributed by atoms with Crippen LogP contribution in [0.15, 0.2) is 42.6 Å². The molecule has 0 saturated carbocycles. The predicted octanol–water partition coefficient (Wildman–Crippen LogP) is 2.73. The van der Waals surface area contributed by atoms with Gasteiger partial charge >= 0.3 is 0 Å². The number of carbonyl (C=O) groups excluding carboxylic acids is 1. The maximum absolute atomic E-state index is 12.2. The molecule has 1 N–H and O–H groups in total. The number of anilines is 1. The summed E-state index contributed by atoms with van der Waals surface area (Å²) in [7, 11) is 3.72. The Morgan fingerprint density at radius 1 is 1.25 bits per heavy atom. The first-order valence-electron chi connectivity index (χ1n) is 6.23. The van der Waals surface area contributed by atoms with Gasteiger partial charge < -0.3 is 10.2 Å². The van der Waals surface area contributed by atoms with E-state index in [1.54, 1.807) is 30.5 Å². The lowest BCUT2D eigenvalue weighted by Crippen LogP contribution is -2.25. The van der Waals surface area contributed by atoms with Crippen LogP contribution in [0, 0.1) is 0 Å². The highest BCUT2D eigenvalue weighted by Gasteiger charge is 2.13. The van der Waals surface area contributed by atoms with E-state index < -0.39 is 0 Å². The molecule has 20 heavy (non-hydrogen) atoms. The Bertz CT molecular complexity index is 596. The SMILES string of the molecule is CN(C)c1ncccc1C(=O)NCc1ccc(Cl)cc1. The molecule has 1 heterocycles. The van der Waals surface area contributed by atoms with Crippen LogP contribution in [-0.2, 0) is 6.54 Å². The molecule has 0 unspecified atom stereocenters. The Morgan fingerprint density at radius 3 is 2.60 bits per heavy atom. The zero-order chi connectivity index (χ0) is 14.5. The van der Waals surface area contributed by atoms with E-state index in [1.165, 1.54) is 0 Å². The number of pyridine rings is 1. The lowest BCUT2D eigenvalue weighted by atomic mass is 10.2. The Labute approximate surface area is 123 Å². The summed E-state index contributed by atoms with van der Waals surface area (Å²) in [5, 5.41) is 3.56. The van der Waals surface area contributed by atoms with E-state index in [4.69, 9.17) is 11.6 Å². The largest absolute Gasteiger partial charge is 0.362 e. The molecule has 0 bridgehead atoms. The van der Waals surface area contributed by atoms with E-state index >= 15 is 0 Å². The molecule has 0 aliphatic rings. The van der Waals surface area contributed by atoms with Gasteiger partial charge in [-0.25, -0.2) is 4.98 Å². The number of benzene rings is 1. The third-order valence-corrected chi connectivity index (χ3v) is 3.07. The fourth-order valence-corrected chi connectivity index (χ4v) is 1.94. The lowest BCUT2D eigenvalue weighted by molar-refractivity contribution is 0.0951. The van der Waals surface area contributed by atoms with Crippen molar-refractivity contribution in [3.05, 3.63) is 58.7 Å². The molecular weight excluding hydrogens is 274 g/mol. The van der Waals surface area contributed by atoms with E-state index in [0.717, 1.165) is 5.56 Å². The number of amides is 1.